The zero-order valence-corrected chi connectivity index (χ0v) is 31.2. The van der Waals surface area contributed by atoms with Gasteiger partial charge in [0.1, 0.15) is 0 Å². The molecule has 0 aromatic heterocycles. The van der Waals surface area contributed by atoms with Crippen molar-refractivity contribution in [3.8, 4) is 11.1 Å². The molecule has 4 heteroatoms. The van der Waals surface area contributed by atoms with Crippen molar-refractivity contribution < 1.29 is 4.43 Å². The lowest BCUT2D eigenvalue weighted by Crippen LogP contribution is -2.44. The van der Waals surface area contributed by atoms with Crippen LogP contribution in [-0.2, 0) is 4.43 Å². The van der Waals surface area contributed by atoms with Crippen LogP contribution >= 0.6 is 0 Å². The molecule has 6 aromatic carbocycles. The Balaban J connectivity index is 1.37. The molecule has 0 aliphatic heterocycles. The van der Waals surface area contributed by atoms with Crippen LogP contribution in [-0.4, -0.2) is 14.9 Å². The Bertz CT molecular complexity index is 1980. The molecule has 0 saturated heterocycles. The van der Waals surface area contributed by atoms with Crippen LogP contribution < -0.4 is 15.0 Å². The van der Waals surface area contributed by atoms with Crippen LogP contribution in [0.2, 0.25) is 13.1 Å². The Kier molecular flexibility index (Phi) is 9.91. The first-order valence-corrected chi connectivity index (χ1v) is 20.2. The van der Waals surface area contributed by atoms with Crippen molar-refractivity contribution in [1.29, 1.82) is 0 Å². The summed E-state index contributed by atoms with van der Waals surface area (Å²) in [6.07, 6.45) is 0. The number of hydrogen-bond acceptors (Lipinski definition) is 3. The first kappa shape index (κ1) is 34.0. The molecule has 0 aliphatic rings. The molecule has 0 bridgehead atoms. The average Bonchev–Trinajstić information content (AvgIpc) is 3.08. The van der Waals surface area contributed by atoms with E-state index >= 15 is 0 Å². The summed E-state index contributed by atoms with van der Waals surface area (Å²) in [5.41, 5.74) is 15.6. The van der Waals surface area contributed by atoms with Crippen LogP contribution in [0.5, 0.6) is 0 Å². The molecule has 6 aromatic rings. The second kappa shape index (κ2) is 14.3. The third kappa shape index (κ3) is 7.41. The summed E-state index contributed by atoms with van der Waals surface area (Å²) in [6.45, 7) is 18.2. The fraction of sp³-hybridized carbons (Fsp3) is 0.200. The monoisotopic (exact) mass is 660 g/mol. The highest BCUT2D eigenvalue weighted by atomic mass is 28.4. The van der Waals surface area contributed by atoms with E-state index in [1.165, 1.54) is 44.1 Å². The highest BCUT2D eigenvalue weighted by molar-refractivity contribution is 6.84. The molecule has 6 rings (SSSR count). The highest BCUT2D eigenvalue weighted by Crippen LogP contribution is 2.40. The van der Waals surface area contributed by atoms with Crippen LogP contribution in [0.3, 0.4) is 0 Å². The maximum Gasteiger partial charge on any atom is 0.218 e. The van der Waals surface area contributed by atoms with Gasteiger partial charge < -0.3 is 14.2 Å². The summed E-state index contributed by atoms with van der Waals surface area (Å²) in [4.78, 5) is 4.69. The second-order valence-corrected chi connectivity index (χ2v) is 17.6. The number of nitrogens with zero attached hydrogens (tertiary/aromatic N) is 2. The van der Waals surface area contributed by atoms with Gasteiger partial charge in [0, 0.05) is 40.7 Å². The lowest BCUT2D eigenvalue weighted by Gasteiger charge is -2.28. The minimum atomic E-state index is -1.94. The average molecular weight is 661 g/mol. The molecule has 3 nitrogen and oxygen atoms in total. The molecule has 0 heterocycles. The van der Waals surface area contributed by atoms with Gasteiger partial charge in [-0.1, -0.05) is 77.4 Å². The summed E-state index contributed by atoms with van der Waals surface area (Å²) < 4.78 is 6.18. The van der Waals surface area contributed by atoms with Crippen molar-refractivity contribution in [3.05, 3.63) is 161 Å². The molecule has 0 fully saturated rings. The molecule has 0 atom stereocenters. The van der Waals surface area contributed by atoms with Crippen molar-refractivity contribution in [2.45, 2.75) is 54.6 Å². The standard InChI is InChI=1S/C45H48N2OSi/c1-9-48-49(7,8)43-26-22-40(23-27-43)47(39-20-14-34(4)15-21-39)42-25-29-45(36(6)31-42)44-28-24-41(30-35(44)5)46(37-16-10-32(2)11-17-37)38-18-12-33(3)13-19-38/h10-31H,9H2,1-8H3. The summed E-state index contributed by atoms with van der Waals surface area (Å²) in [5, 5.41) is 1.30. The van der Waals surface area contributed by atoms with Crippen molar-refractivity contribution in [1.82, 2.24) is 0 Å². The van der Waals surface area contributed by atoms with E-state index in [0.717, 1.165) is 40.7 Å². The van der Waals surface area contributed by atoms with Crippen LogP contribution in [0.4, 0.5) is 34.1 Å². The fourth-order valence-corrected chi connectivity index (χ4v) is 8.47. The maximum atomic E-state index is 6.18. The summed E-state index contributed by atoms with van der Waals surface area (Å²) in [7, 11) is -1.94. The smallest absolute Gasteiger partial charge is 0.218 e. The molecule has 0 N–H and O–H groups in total. The van der Waals surface area contributed by atoms with E-state index in [-0.39, 0.29) is 0 Å². The quantitative estimate of drug-likeness (QED) is 0.136. The number of anilines is 6. The van der Waals surface area contributed by atoms with Crippen molar-refractivity contribution in [2.24, 2.45) is 0 Å². The minimum absolute atomic E-state index is 0.738. The van der Waals surface area contributed by atoms with E-state index in [9.17, 15) is 0 Å². The molecule has 248 valence electrons. The minimum Gasteiger partial charge on any atom is -0.413 e. The van der Waals surface area contributed by atoms with E-state index in [1.54, 1.807) is 0 Å². The van der Waals surface area contributed by atoms with Crippen LogP contribution in [0.15, 0.2) is 133 Å². The molecule has 49 heavy (non-hydrogen) atoms. The first-order chi connectivity index (χ1) is 23.5. The molecule has 0 unspecified atom stereocenters. The van der Waals surface area contributed by atoms with E-state index in [2.05, 4.69) is 198 Å². The summed E-state index contributed by atoms with van der Waals surface area (Å²) >= 11 is 0. The first-order valence-electron chi connectivity index (χ1n) is 17.3. The summed E-state index contributed by atoms with van der Waals surface area (Å²) in [6, 6.07) is 49.0. The van der Waals surface area contributed by atoms with Gasteiger partial charge >= 0.3 is 0 Å². The van der Waals surface area contributed by atoms with Crippen LogP contribution in [0.25, 0.3) is 11.1 Å². The van der Waals surface area contributed by atoms with E-state index in [0.29, 0.717) is 0 Å². The van der Waals surface area contributed by atoms with Crippen molar-refractivity contribution >= 4 is 47.6 Å². The zero-order valence-electron chi connectivity index (χ0n) is 30.2. The van der Waals surface area contributed by atoms with Gasteiger partial charge in [0.15, 0.2) is 0 Å². The maximum absolute atomic E-state index is 6.18. The second-order valence-electron chi connectivity index (χ2n) is 13.7. The Morgan fingerprint density at radius 2 is 0.735 bits per heavy atom. The Morgan fingerprint density at radius 3 is 1.04 bits per heavy atom. The van der Waals surface area contributed by atoms with Gasteiger partial charge in [-0.25, -0.2) is 0 Å². The van der Waals surface area contributed by atoms with Gasteiger partial charge in [-0.15, -0.1) is 0 Å². The number of benzene rings is 6. The van der Waals surface area contributed by atoms with Crippen LogP contribution in [0, 0.1) is 34.6 Å². The van der Waals surface area contributed by atoms with E-state index in [4.69, 9.17) is 4.43 Å². The van der Waals surface area contributed by atoms with E-state index in [1.807, 2.05) is 0 Å². The number of hydrogen-bond donors (Lipinski definition) is 0. The third-order valence-electron chi connectivity index (χ3n) is 9.43. The molecular formula is C45H48N2OSi. The number of rotatable bonds is 10. The lowest BCUT2D eigenvalue weighted by molar-refractivity contribution is 0.339. The zero-order chi connectivity index (χ0) is 34.7. The Morgan fingerprint density at radius 1 is 0.429 bits per heavy atom. The van der Waals surface area contributed by atoms with E-state index < -0.39 is 8.32 Å². The third-order valence-corrected chi connectivity index (χ3v) is 12.2. The van der Waals surface area contributed by atoms with Crippen molar-refractivity contribution in [3.63, 3.8) is 0 Å². The molecule has 0 aliphatic carbocycles. The molecule has 0 radical (unpaired) electrons. The van der Waals surface area contributed by atoms with Gasteiger partial charge in [-0.2, -0.15) is 0 Å². The predicted octanol–water partition coefficient (Wildman–Crippen LogP) is 12.3. The Hall–Kier alpha value is -4.90. The highest BCUT2D eigenvalue weighted by Gasteiger charge is 2.25. The lowest BCUT2D eigenvalue weighted by atomic mass is 9.95. The van der Waals surface area contributed by atoms with Crippen LogP contribution in [0.1, 0.15) is 34.7 Å². The topological polar surface area (TPSA) is 15.7 Å². The summed E-state index contributed by atoms with van der Waals surface area (Å²) in [5.74, 6) is 0. The molecule has 0 saturated carbocycles. The normalized spacial score (nSPS) is 11.4. The van der Waals surface area contributed by atoms with Gasteiger partial charge in [-0.05, 0) is 155 Å². The molecule has 0 spiro atoms. The van der Waals surface area contributed by atoms with Gasteiger partial charge in [-0.3, -0.25) is 0 Å². The Labute approximate surface area is 294 Å². The molecular weight excluding hydrogens is 613 g/mol. The largest absolute Gasteiger partial charge is 0.413 e. The molecule has 0 amide bonds. The van der Waals surface area contributed by atoms with Crippen molar-refractivity contribution in [2.75, 3.05) is 16.4 Å². The van der Waals surface area contributed by atoms with Gasteiger partial charge in [0.2, 0.25) is 8.32 Å². The SMILES string of the molecule is CCO[Si](C)(C)c1ccc(N(c2ccc(C)cc2)c2ccc(-c3ccc(N(c4ccc(C)cc4)c4ccc(C)cc4)cc3C)c(C)c2)cc1. The van der Waals surface area contributed by atoms with Gasteiger partial charge in [0.05, 0.1) is 0 Å². The van der Waals surface area contributed by atoms with Gasteiger partial charge in [0.25, 0.3) is 0 Å². The predicted molar refractivity (Wildman–Crippen MR) is 214 cm³/mol. The number of aryl methyl sites for hydroxylation is 5. The fourth-order valence-electron chi connectivity index (χ4n) is 6.61.